The van der Waals surface area contributed by atoms with Crippen molar-refractivity contribution in [2.45, 2.75) is 32.6 Å². The summed E-state index contributed by atoms with van der Waals surface area (Å²) in [6.45, 7) is 5.94. The Kier molecular flexibility index (Phi) is 6.23. The van der Waals surface area contributed by atoms with Crippen molar-refractivity contribution in [2.75, 3.05) is 19.0 Å². The maximum absolute atomic E-state index is 11.9. The Bertz CT molecular complexity index is 1100. The number of H-pyrrole nitrogens is 1. The van der Waals surface area contributed by atoms with Crippen LogP contribution in [0.25, 0.3) is 17.0 Å². The Morgan fingerprint density at radius 1 is 1.23 bits per heavy atom. The molecular weight excluding hydrogens is 433 g/mol. The number of nitrogens with zero attached hydrogens (tertiary/aromatic N) is 3. The van der Waals surface area contributed by atoms with Gasteiger partial charge in [-0.05, 0) is 18.2 Å². The normalized spacial score (nSPS) is 11.5. The van der Waals surface area contributed by atoms with Gasteiger partial charge >= 0.3 is 12.1 Å². The topological polar surface area (TPSA) is 111 Å². The molecule has 160 valence electrons. The van der Waals surface area contributed by atoms with Crippen molar-refractivity contribution < 1.29 is 19.1 Å². The van der Waals surface area contributed by atoms with Crippen molar-refractivity contribution in [2.24, 2.45) is 0 Å². The monoisotopic (exact) mass is 453 g/mol. The van der Waals surface area contributed by atoms with Crippen molar-refractivity contribution in [3.63, 3.8) is 0 Å². The van der Waals surface area contributed by atoms with Gasteiger partial charge in [0.05, 0.1) is 24.2 Å². The van der Waals surface area contributed by atoms with E-state index in [2.05, 4.69) is 25.2 Å². The summed E-state index contributed by atoms with van der Waals surface area (Å²) in [7, 11) is 1.26. The second-order valence-corrected chi connectivity index (χ2v) is 8.29. The molecule has 1 amide bonds. The van der Waals surface area contributed by atoms with E-state index in [9.17, 15) is 9.59 Å². The lowest BCUT2D eigenvalue weighted by atomic mass is 9.92. The number of amides is 1. The first-order valence-corrected chi connectivity index (χ1v) is 9.81. The first-order valence-electron chi connectivity index (χ1n) is 9.05. The molecule has 0 atom stereocenters. The summed E-state index contributed by atoms with van der Waals surface area (Å²) in [5.41, 5.74) is 2.02. The maximum atomic E-state index is 11.9. The van der Waals surface area contributed by atoms with E-state index >= 15 is 0 Å². The fraction of sp³-hybridized carbons (Fsp3) is 0.368. The van der Waals surface area contributed by atoms with Crippen molar-refractivity contribution >= 4 is 46.6 Å². The van der Waals surface area contributed by atoms with Gasteiger partial charge in [0.2, 0.25) is 0 Å². The predicted octanol–water partition coefficient (Wildman–Crippen LogP) is 4.44. The van der Waals surface area contributed by atoms with E-state index in [1.807, 2.05) is 20.8 Å². The smallest absolute Gasteiger partial charge is 0.411 e. The summed E-state index contributed by atoms with van der Waals surface area (Å²) in [6.07, 6.45) is -0.737. The quantitative estimate of drug-likeness (QED) is 0.552. The molecule has 0 radical (unpaired) electrons. The Morgan fingerprint density at radius 3 is 2.60 bits per heavy atom. The zero-order chi connectivity index (χ0) is 22.1. The highest BCUT2D eigenvalue weighted by Gasteiger charge is 2.25. The summed E-state index contributed by atoms with van der Waals surface area (Å²) in [4.78, 5) is 26.1. The van der Waals surface area contributed by atoms with E-state index in [1.54, 1.807) is 18.2 Å². The standard InChI is InChI=1S/C19H21Cl2N5O4/c1-19(2,3)15-14(21)17-23-16(25-26(17)24-15)11-9-10(5-6-12(11)20)22-18(28)30-8-7-13(27)29-4/h5-6,9H,7-8H2,1-4H3,(H,22,28)(H,23,25). The molecule has 0 spiro atoms. The fourth-order valence-corrected chi connectivity index (χ4v) is 3.32. The summed E-state index contributed by atoms with van der Waals surface area (Å²) in [5, 5.41) is 12.4. The summed E-state index contributed by atoms with van der Waals surface area (Å²) < 4.78 is 10.9. The number of rotatable bonds is 5. The molecule has 9 nitrogen and oxygen atoms in total. The molecule has 0 fully saturated rings. The minimum Gasteiger partial charge on any atom is -0.469 e. The average molecular weight is 454 g/mol. The maximum Gasteiger partial charge on any atom is 0.411 e. The van der Waals surface area contributed by atoms with Gasteiger partial charge in [0.15, 0.2) is 11.5 Å². The molecule has 2 heterocycles. The first-order chi connectivity index (χ1) is 14.1. The summed E-state index contributed by atoms with van der Waals surface area (Å²) >= 11 is 12.8. The van der Waals surface area contributed by atoms with Crippen LogP contribution in [0.4, 0.5) is 10.5 Å². The molecule has 0 saturated carbocycles. The number of carbonyl (C=O) groups excluding carboxylic acids is 2. The number of fused-ring (bicyclic) bond motifs is 1. The number of carbonyl (C=O) groups is 2. The predicted molar refractivity (Wildman–Crippen MR) is 113 cm³/mol. The molecule has 0 saturated heterocycles. The molecule has 0 aliphatic heterocycles. The fourth-order valence-electron chi connectivity index (χ4n) is 2.67. The van der Waals surface area contributed by atoms with E-state index in [0.29, 0.717) is 32.8 Å². The van der Waals surface area contributed by atoms with Crippen LogP contribution in [0, 0.1) is 0 Å². The van der Waals surface area contributed by atoms with Crippen molar-refractivity contribution in [1.29, 1.82) is 0 Å². The van der Waals surface area contributed by atoms with Gasteiger partial charge in [0.1, 0.15) is 11.6 Å². The number of halogens is 2. The van der Waals surface area contributed by atoms with Gasteiger partial charge in [0, 0.05) is 16.7 Å². The molecule has 2 aromatic heterocycles. The zero-order valence-corrected chi connectivity index (χ0v) is 18.4. The molecule has 30 heavy (non-hydrogen) atoms. The number of aromatic nitrogens is 4. The third-order valence-electron chi connectivity index (χ3n) is 4.19. The van der Waals surface area contributed by atoms with Crippen LogP contribution >= 0.6 is 23.2 Å². The highest BCUT2D eigenvalue weighted by molar-refractivity contribution is 6.34. The van der Waals surface area contributed by atoms with Gasteiger partial charge in [-0.3, -0.25) is 10.1 Å². The van der Waals surface area contributed by atoms with Crippen LogP contribution in [-0.2, 0) is 19.7 Å². The molecule has 3 aromatic rings. The van der Waals surface area contributed by atoms with Crippen molar-refractivity contribution in [3.8, 4) is 11.4 Å². The number of hydrogen-bond donors (Lipinski definition) is 2. The number of methoxy groups -OCH3 is 1. The molecule has 0 aliphatic carbocycles. The highest BCUT2D eigenvalue weighted by Crippen LogP contribution is 2.33. The van der Waals surface area contributed by atoms with E-state index in [-0.39, 0.29) is 18.4 Å². The highest BCUT2D eigenvalue weighted by atomic mass is 35.5. The molecule has 1 aromatic carbocycles. The van der Waals surface area contributed by atoms with Crippen molar-refractivity contribution in [3.05, 3.63) is 33.9 Å². The SMILES string of the molecule is COC(=O)CCOC(=O)Nc1ccc(Cl)c(-c2nn3nc(C(C)(C)C)c(Cl)c3[nH]2)c1. The lowest BCUT2D eigenvalue weighted by Gasteiger charge is -2.14. The van der Waals surface area contributed by atoms with Crippen LogP contribution in [0.1, 0.15) is 32.9 Å². The van der Waals surface area contributed by atoms with Crippen LogP contribution < -0.4 is 5.32 Å². The van der Waals surface area contributed by atoms with Crippen LogP contribution in [0.15, 0.2) is 18.2 Å². The summed E-state index contributed by atoms with van der Waals surface area (Å²) in [5.74, 6) is -0.0275. The third kappa shape index (κ3) is 4.68. The average Bonchev–Trinajstić information content (AvgIpc) is 3.22. The zero-order valence-electron chi connectivity index (χ0n) is 16.9. The van der Waals surface area contributed by atoms with Crippen LogP contribution in [0.5, 0.6) is 0 Å². The minimum absolute atomic E-state index is 0.0285. The molecule has 3 rings (SSSR count). The Hall–Kier alpha value is -2.78. The van der Waals surface area contributed by atoms with Gasteiger partial charge in [-0.1, -0.05) is 44.0 Å². The Morgan fingerprint density at radius 2 is 1.97 bits per heavy atom. The lowest BCUT2D eigenvalue weighted by molar-refractivity contribution is -0.141. The second-order valence-electron chi connectivity index (χ2n) is 7.51. The van der Waals surface area contributed by atoms with E-state index in [1.165, 1.54) is 11.7 Å². The minimum atomic E-state index is -0.709. The number of benzene rings is 1. The van der Waals surface area contributed by atoms with Crippen LogP contribution in [-0.4, -0.2) is 45.6 Å². The van der Waals surface area contributed by atoms with Gasteiger partial charge < -0.3 is 14.5 Å². The van der Waals surface area contributed by atoms with Gasteiger partial charge in [0.25, 0.3) is 0 Å². The second kappa shape index (κ2) is 8.53. The summed E-state index contributed by atoms with van der Waals surface area (Å²) in [6, 6.07) is 4.88. The number of hydrogen-bond acceptors (Lipinski definition) is 6. The number of ether oxygens (including phenoxy) is 2. The van der Waals surface area contributed by atoms with Gasteiger partial charge in [-0.15, -0.1) is 9.73 Å². The van der Waals surface area contributed by atoms with E-state index in [4.69, 9.17) is 27.9 Å². The Labute approximate surface area is 182 Å². The van der Waals surface area contributed by atoms with E-state index in [0.717, 1.165) is 5.69 Å². The number of aromatic amines is 1. The number of nitrogens with one attached hydrogen (secondary N) is 2. The Balaban J connectivity index is 1.80. The molecule has 0 bridgehead atoms. The third-order valence-corrected chi connectivity index (χ3v) is 4.87. The first kappa shape index (κ1) is 21.9. The largest absolute Gasteiger partial charge is 0.469 e. The van der Waals surface area contributed by atoms with Crippen LogP contribution in [0.3, 0.4) is 0 Å². The van der Waals surface area contributed by atoms with Crippen molar-refractivity contribution in [1.82, 2.24) is 19.8 Å². The van der Waals surface area contributed by atoms with Crippen LogP contribution in [0.2, 0.25) is 10.0 Å². The van der Waals surface area contributed by atoms with Gasteiger partial charge in [-0.2, -0.15) is 5.10 Å². The molecule has 0 aliphatic rings. The van der Waals surface area contributed by atoms with Gasteiger partial charge in [-0.25, -0.2) is 4.79 Å². The molecular formula is C19H21Cl2N5O4. The molecule has 11 heteroatoms. The number of anilines is 1. The lowest BCUT2D eigenvalue weighted by Crippen LogP contribution is -2.16. The number of esters is 1. The molecule has 2 N–H and O–H groups in total. The molecule has 0 unspecified atom stereocenters. The van der Waals surface area contributed by atoms with E-state index < -0.39 is 12.1 Å².